The monoisotopic (exact) mass is 402 g/mol. The Morgan fingerprint density at radius 1 is 1.04 bits per heavy atom. The van der Waals surface area contributed by atoms with E-state index in [9.17, 15) is 13.2 Å². The summed E-state index contributed by atoms with van der Waals surface area (Å²) in [6.07, 6.45) is -2.54. The first-order valence-corrected chi connectivity index (χ1v) is 8.15. The van der Waals surface area contributed by atoms with E-state index >= 15 is 0 Å². The Hall–Kier alpha value is -0.690. The predicted molar refractivity (Wildman–Crippen MR) is 98.9 cm³/mol. The molecule has 1 saturated heterocycles. The van der Waals surface area contributed by atoms with Crippen LogP contribution in [0.5, 0.6) is 5.75 Å². The number of piperazine rings is 1. The van der Waals surface area contributed by atoms with E-state index in [-0.39, 0.29) is 36.6 Å². The van der Waals surface area contributed by atoms with Gasteiger partial charge in [-0.25, -0.2) is 0 Å². The van der Waals surface area contributed by atoms with E-state index in [0.717, 1.165) is 44.6 Å². The highest BCUT2D eigenvalue weighted by molar-refractivity contribution is 5.85. The number of benzene rings is 1. The molecule has 0 saturated carbocycles. The van der Waals surface area contributed by atoms with Gasteiger partial charge in [0.2, 0.25) is 0 Å². The van der Waals surface area contributed by atoms with Gasteiger partial charge in [0.1, 0.15) is 5.75 Å². The third-order valence-electron chi connectivity index (χ3n) is 4.11. The maximum Gasteiger partial charge on any atom is 0.573 e. The van der Waals surface area contributed by atoms with E-state index in [1.165, 1.54) is 12.1 Å². The first-order chi connectivity index (χ1) is 10.8. The van der Waals surface area contributed by atoms with E-state index in [1.54, 1.807) is 12.1 Å². The lowest BCUT2D eigenvalue weighted by molar-refractivity contribution is -0.274. The van der Waals surface area contributed by atoms with Crippen LogP contribution >= 0.6 is 24.8 Å². The molecule has 1 N–H and O–H groups in total. The second-order valence-corrected chi connectivity index (χ2v) is 6.39. The summed E-state index contributed by atoms with van der Waals surface area (Å²) in [7, 11) is 0. The van der Waals surface area contributed by atoms with Crippen LogP contribution in [0.25, 0.3) is 0 Å². The average molecular weight is 403 g/mol. The molecule has 1 heterocycles. The summed E-state index contributed by atoms with van der Waals surface area (Å²) in [5, 5.41) is 3.33. The van der Waals surface area contributed by atoms with Crippen molar-refractivity contribution in [2.24, 2.45) is 5.92 Å². The summed E-state index contributed by atoms with van der Waals surface area (Å²) in [4.78, 5) is 2.42. The molecular weight excluding hydrogens is 376 g/mol. The van der Waals surface area contributed by atoms with Crippen molar-refractivity contribution in [2.45, 2.75) is 39.1 Å². The minimum absolute atomic E-state index is 0. The number of rotatable bonds is 6. The molecule has 0 unspecified atom stereocenters. The van der Waals surface area contributed by atoms with Crippen LogP contribution in [0.1, 0.15) is 38.3 Å². The Bertz CT molecular complexity index is 478. The van der Waals surface area contributed by atoms with Crippen LogP contribution in [0.15, 0.2) is 24.3 Å². The van der Waals surface area contributed by atoms with Crippen LogP contribution in [0, 0.1) is 5.92 Å². The first-order valence-electron chi connectivity index (χ1n) is 8.15. The molecule has 146 valence electrons. The maximum atomic E-state index is 12.3. The second-order valence-electron chi connectivity index (χ2n) is 6.39. The highest BCUT2D eigenvalue weighted by Gasteiger charge is 2.31. The molecule has 1 fully saturated rings. The minimum atomic E-state index is -4.64. The van der Waals surface area contributed by atoms with Gasteiger partial charge in [0.15, 0.2) is 0 Å². The van der Waals surface area contributed by atoms with E-state index in [2.05, 4.69) is 28.8 Å². The molecule has 1 aliphatic heterocycles. The summed E-state index contributed by atoms with van der Waals surface area (Å²) in [5.41, 5.74) is 1.06. The number of hydrogen-bond acceptors (Lipinski definition) is 3. The number of hydrogen-bond donors (Lipinski definition) is 1. The lowest BCUT2D eigenvalue weighted by Gasteiger charge is -2.35. The van der Waals surface area contributed by atoms with Gasteiger partial charge < -0.3 is 10.1 Å². The lowest BCUT2D eigenvalue weighted by Crippen LogP contribution is -2.45. The lowest BCUT2D eigenvalue weighted by atomic mass is 9.95. The molecule has 0 amide bonds. The molecule has 25 heavy (non-hydrogen) atoms. The standard InChI is InChI=1S/C17H25F3N2O.2ClH/c1-13(2)3-8-16(22-11-9-21-10-12-22)14-4-6-15(7-5-14)23-17(18,19)20;;/h4-7,13,16,21H,3,8-12H2,1-2H3;2*1H/t16-;;/m0../s1. The molecule has 3 nitrogen and oxygen atoms in total. The summed E-state index contributed by atoms with van der Waals surface area (Å²) in [5.74, 6) is 0.442. The molecular formula is C17H27Cl2F3N2O. The van der Waals surface area contributed by atoms with Crippen molar-refractivity contribution in [1.82, 2.24) is 10.2 Å². The largest absolute Gasteiger partial charge is 0.573 e. The molecule has 1 atom stereocenters. The number of alkyl halides is 3. The van der Waals surface area contributed by atoms with Gasteiger partial charge in [0.05, 0.1) is 0 Å². The van der Waals surface area contributed by atoms with Crippen LogP contribution in [0.4, 0.5) is 13.2 Å². The number of nitrogens with zero attached hydrogens (tertiary/aromatic N) is 1. The molecule has 1 aliphatic rings. The van der Waals surface area contributed by atoms with Crippen LogP contribution in [0.2, 0.25) is 0 Å². The van der Waals surface area contributed by atoms with Gasteiger partial charge in [-0.15, -0.1) is 38.0 Å². The van der Waals surface area contributed by atoms with Crippen molar-refractivity contribution >= 4 is 24.8 Å². The molecule has 1 aromatic carbocycles. The number of ether oxygens (including phenoxy) is 1. The molecule has 0 aromatic heterocycles. The second kappa shape index (κ2) is 11.1. The Labute approximate surface area is 160 Å². The zero-order chi connectivity index (χ0) is 16.9. The number of nitrogens with one attached hydrogen (secondary N) is 1. The fraction of sp³-hybridized carbons (Fsp3) is 0.647. The molecule has 0 spiro atoms. The highest BCUT2D eigenvalue weighted by atomic mass is 35.5. The van der Waals surface area contributed by atoms with E-state index < -0.39 is 6.36 Å². The van der Waals surface area contributed by atoms with Gasteiger partial charge in [-0.2, -0.15) is 0 Å². The van der Waals surface area contributed by atoms with Crippen molar-refractivity contribution in [3.05, 3.63) is 29.8 Å². The molecule has 0 aliphatic carbocycles. The van der Waals surface area contributed by atoms with E-state index in [4.69, 9.17) is 0 Å². The third kappa shape index (κ3) is 8.49. The fourth-order valence-corrected chi connectivity index (χ4v) is 2.94. The van der Waals surface area contributed by atoms with Crippen molar-refractivity contribution < 1.29 is 17.9 Å². The van der Waals surface area contributed by atoms with Crippen LogP contribution in [-0.2, 0) is 0 Å². The predicted octanol–water partition coefficient (Wildman–Crippen LogP) is 4.81. The maximum absolute atomic E-state index is 12.3. The zero-order valence-corrected chi connectivity index (χ0v) is 16.1. The van der Waals surface area contributed by atoms with Crippen molar-refractivity contribution in [3.63, 3.8) is 0 Å². The molecule has 0 bridgehead atoms. The molecule has 1 aromatic rings. The first kappa shape index (κ1) is 24.3. The Balaban J connectivity index is 0.00000288. The van der Waals surface area contributed by atoms with Gasteiger partial charge >= 0.3 is 6.36 Å². The SMILES string of the molecule is CC(C)CC[C@@H](c1ccc(OC(F)(F)F)cc1)N1CCNCC1.Cl.Cl. The van der Waals surface area contributed by atoms with Gasteiger partial charge in [0, 0.05) is 32.2 Å². The highest BCUT2D eigenvalue weighted by Crippen LogP contribution is 2.30. The van der Waals surface area contributed by atoms with Gasteiger partial charge in [-0.1, -0.05) is 26.0 Å². The van der Waals surface area contributed by atoms with Crippen molar-refractivity contribution in [3.8, 4) is 5.75 Å². The normalized spacial score (nSPS) is 16.7. The van der Waals surface area contributed by atoms with Gasteiger partial charge in [-0.05, 0) is 36.5 Å². The van der Waals surface area contributed by atoms with Crippen LogP contribution < -0.4 is 10.1 Å². The van der Waals surface area contributed by atoms with Crippen LogP contribution in [-0.4, -0.2) is 37.4 Å². The molecule has 0 radical (unpaired) electrons. The molecule has 8 heteroatoms. The van der Waals surface area contributed by atoms with Gasteiger partial charge in [0.25, 0.3) is 0 Å². The van der Waals surface area contributed by atoms with Crippen LogP contribution in [0.3, 0.4) is 0 Å². The minimum Gasteiger partial charge on any atom is -0.406 e. The third-order valence-corrected chi connectivity index (χ3v) is 4.11. The number of halogens is 5. The summed E-state index contributed by atoms with van der Waals surface area (Å²) in [6, 6.07) is 6.59. The Morgan fingerprint density at radius 3 is 2.08 bits per heavy atom. The van der Waals surface area contributed by atoms with E-state index in [0.29, 0.717) is 5.92 Å². The smallest absolute Gasteiger partial charge is 0.406 e. The molecule has 2 rings (SSSR count). The fourth-order valence-electron chi connectivity index (χ4n) is 2.94. The van der Waals surface area contributed by atoms with Crippen molar-refractivity contribution in [2.75, 3.05) is 26.2 Å². The Morgan fingerprint density at radius 2 is 1.60 bits per heavy atom. The van der Waals surface area contributed by atoms with E-state index in [1.807, 2.05) is 0 Å². The average Bonchev–Trinajstić information content (AvgIpc) is 2.48. The topological polar surface area (TPSA) is 24.5 Å². The van der Waals surface area contributed by atoms with Crippen molar-refractivity contribution in [1.29, 1.82) is 0 Å². The van der Waals surface area contributed by atoms with Gasteiger partial charge in [-0.3, -0.25) is 4.90 Å². The summed E-state index contributed by atoms with van der Waals surface area (Å²) < 4.78 is 40.7. The Kier molecular flexibility index (Phi) is 10.8. The zero-order valence-electron chi connectivity index (χ0n) is 14.5. The summed E-state index contributed by atoms with van der Waals surface area (Å²) >= 11 is 0. The quantitative estimate of drug-likeness (QED) is 0.738. The summed E-state index contributed by atoms with van der Waals surface area (Å²) in [6.45, 7) is 8.21.